The van der Waals surface area contributed by atoms with Gasteiger partial charge in [-0.05, 0) is 65.3 Å². The van der Waals surface area contributed by atoms with Crippen LogP contribution in [0.3, 0.4) is 0 Å². The molecule has 186 valence electrons. The van der Waals surface area contributed by atoms with Crippen LogP contribution in [0.2, 0.25) is 0 Å². The number of nitrogens with zero attached hydrogens (tertiary/aromatic N) is 2. The molecule has 0 bridgehead atoms. The van der Waals surface area contributed by atoms with Crippen LogP contribution in [0.1, 0.15) is 27.4 Å². The van der Waals surface area contributed by atoms with E-state index < -0.39 is 16.1 Å². The van der Waals surface area contributed by atoms with Crippen molar-refractivity contribution < 1.29 is 26.9 Å². The van der Waals surface area contributed by atoms with Gasteiger partial charge in [0, 0.05) is 30.6 Å². The molecule has 0 saturated heterocycles. The Kier molecular flexibility index (Phi) is 6.24. The summed E-state index contributed by atoms with van der Waals surface area (Å²) in [6.07, 6.45) is 7.71. The fourth-order valence-corrected chi connectivity index (χ4v) is 4.59. The number of anilines is 1. The van der Waals surface area contributed by atoms with Crippen molar-refractivity contribution in [1.82, 2.24) is 4.98 Å². The van der Waals surface area contributed by atoms with E-state index in [1.807, 2.05) is 54.6 Å². The molecule has 0 unspecified atom stereocenters. The first-order valence-corrected chi connectivity index (χ1v) is 12.7. The minimum Gasteiger partial charge on any atom is -0.465 e. The van der Waals surface area contributed by atoms with Crippen LogP contribution in [0.15, 0.2) is 94.4 Å². The van der Waals surface area contributed by atoms with Gasteiger partial charge < -0.3 is 14.1 Å². The third kappa shape index (κ3) is 4.95. The van der Waals surface area contributed by atoms with Gasteiger partial charge in [0.2, 0.25) is 5.89 Å². The molecular weight excluding hydrogens is 492 g/mol. The minimum absolute atomic E-state index is 0.247. The van der Waals surface area contributed by atoms with Crippen molar-refractivity contribution in [2.24, 2.45) is 0 Å². The first kappa shape index (κ1) is 24.2. The summed E-state index contributed by atoms with van der Waals surface area (Å²) in [5.74, 6) is -0.187. The smallest absolute Gasteiger partial charge is 0.337 e. The Morgan fingerprint density at radius 1 is 1.05 bits per heavy atom. The molecule has 0 atom stereocenters. The molecule has 0 saturated carbocycles. The summed E-state index contributed by atoms with van der Waals surface area (Å²) >= 11 is 0. The van der Waals surface area contributed by atoms with E-state index >= 15 is 0 Å². The highest BCUT2D eigenvalue weighted by Gasteiger charge is 2.16. The lowest BCUT2D eigenvalue weighted by molar-refractivity contribution is 0.0600. The van der Waals surface area contributed by atoms with Gasteiger partial charge in [0.25, 0.3) is 10.1 Å². The molecule has 1 aromatic heterocycles. The zero-order valence-corrected chi connectivity index (χ0v) is 20.8. The van der Waals surface area contributed by atoms with Gasteiger partial charge in [-0.2, -0.15) is 8.42 Å². The second-order valence-corrected chi connectivity index (χ2v) is 9.79. The molecule has 8 nitrogen and oxygen atoms in total. The van der Waals surface area contributed by atoms with Crippen LogP contribution in [-0.4, -0.2) is 38.1 Å². The van der Waals surface area contributed by atoms with Crippen LogP contribution >= 0.6 is 0 Å². The van der Waals surface area contributed by atoms with E-state index in [4.69, 9.17) is 9.15 Å². The summed E-state index contributed by atoms with van der Waals surface area (Å²) in [6.45, 7) is 0. The molecule has 37 heavy (non-hydrogen) atoms. The molecule has 0 radical (unpaired) electrons. The maximum atomic E-state index is 11.9. The Bertz CT molecular complexity index is 1710. The van der Waals surface area contributed by atoms with Gasteiger partial charge in [-0.15, -0.1) is 0 Å². The summed E-state index contributed by atoms with van der Waals surface area (Å²) in [5.41, 5.74) is 5.68. The number of carbonyl (C=O) groups is 1. The highest BCUT2D eigenvalue weighted by molar-refractivity contribution is 7.85. The fraction of sp³-hybridized carbons (Fsp3) is 0.0714. The SMILES string of the molecule is COC(=O)c1ccc(C(=C\c2nc3cc(S(=O)(=O)O)ccc3o2)/C=C2\C=CN(C)c3ccccc32)cc1. The summed E-state index contributed by atoms with van der Waals surface area (Å²) in [7, 11) is -1.06. The lowest BCUT2D eigenvalue weighted by Gasteiger charge is -2.24. The van der Waals surface area contributed by atoms with Crippen molar-refractivity contribution in [2.45, 2.75) is 4.90 Å². The summed E-state index contributed by atoms with van der Waals surface area (Å²) in [6, 6.07) is 18.9. The summed E-state index contributed by atoms with van der Waals surface area (Å²) < 4.78 is 43.1. The van der Waals surface area contributed by atoms with Crippen molar-refractivity contribution in [3.63, 3.8) is 0 Å². The molecular formula is C28H22N2O6S. The summed E-state index contributed by atoms with van der Waals surface area (Å²) in [5, 5.41) is 0. The number of allylic oxidation sites excluding steroid dienone is 4. The van der Waals surface area contributed by atoms with Crippen molar-refractivity contribution >= 4 is 50.1 Å². The van der Waals surface area contributed by atoms with E-state index in [2.05, 4.69) is 4.98 Å². The number of fused-ring (bicyclic) bond motifs is 2. The fourth-order valence-electron chi connectivity index (χ4n) is 4.09. The van der Waals surface area contributed by atoms with Gasteiger partial charge >= 0.3 is 5.97 Å². The third-order valence-corrected chi connectivity index (χ3v) is 6.83. The maximum absolute atomic E-state index is 11.9. The van der Waals surface area contributed by atoms with E-state index in [1.54, 1.807) is 30.3 Å². The topological polar surface area (TPSA) is 110 Å². The number of hydrogen-bond acceptors (Lipinski definition) is 7. The number of methoxy groups -OCH3 is 1. The normalized spacial score (nSPS) is 14.7. The highest BCUT2D eigenvalue weighted by Crippen LogP contribution is 2.34. The molecule has 4 aromatic rings. The zero-order valence-electron chi connectivity index (χ0n) is 20.0. The van der Waals surface area contributed by atoms with Gasteiger partial charge in [-0.3, -0.25) is 4.55 Å². The van der Waals surface area contributed by atoms with Gasteiger partial charge in [0.05, 0.1) is 17.6 Å². The van der Waals surface area contributed by atoms with E-state index in [0.29, 0.717) is 16.7 Å². The molecule has 0 aliphatic carbocycles. The average molecular weight is 515 g/mol. The second kappa shape index (κ2) is 9.53. The Morgan fingerprint density at radius 3 is 2.51 bits per heavy atom. The molecule has 0 fully saturated rings. The van der Waals surface area contributed by atoms with Gasteiger partial charge in [0.15, 0.2) is 5.58 Å². The second-order valence-electron chi connectivity index (χ2n) is 8.37. The zero-order chi connectivity index (χ0) is 26.2. The largest absolute Gasteiger partial charge is 0.465 e. The summed E-state index contributed by atoms with van der Waals surface area (Å²) in [4.78, 5) is 18.1. The number of carbonyl (C=O) groups excluding carboxylic acids is 1. The molecule has 0 spiro atoms. The van der Waals surface area contributed by atoms with Crippen LogP contribution in [-0.2, 0) is 14.9 Å². The quantitative estimate of drug-likeness (QED) is 0.277. The number of ether oxygens (including phenoxy) is 1. The van der Waals surface area contributed by atoms with E-state index in [1.165, 1.54) is 25.3 Å². The van der Waals surface area contributed by atoms with Crippen LogP contribution in [0.5, 0.6) is 0 Å². The van der Waals surface area contributed by atoms with Crippen molar-refractivity contribution in [3.8, 4) is 0 Å². The molecule has 9 heteroatoms. The van der Waals surface area contributed by atoms with E-state index in [9.17, 15) is 17.8 Å². The predicted molar refractivity (Wildman–Crippen MR) is 141 cm³/mol. The lowest BCUT2D eigenvalue weighted by Crippen LogP contribution is -2.13. The van der Waals surface area contributed by atoms with Gasteiger partial charge in [0.1, 0.15) is 5.52 Å². The number of esters is 1. The highest BCUT2D eigenvalue weighted by atomic mass is 32.2. The molecule has 2 heterocycles. The molecule has 1 aliphatic heterocycles. The number of benzene rings is 3. The van der Waals surface area contributed by atoms with E-state index in [0.717, 1.165) is 28.0 Å². The van der Waals surface area contributed by atoms with Crippen LogP contribution in [0, 0.1) is 0 Å². The molecule has 1 N–H and O–H groups in total. The van der Waals surface area contributed by atoms with Crippen LogP contribution in [0.25, 0.3) is 28.3 Å². The Hall–Kier alpha value is -4.47. The van der Waals surface area contributed by atoms with Crippen LogP contribution in [0.4, 0.5) is 5.69 Å². The predicted octanol–water partition coefficient (Wildman–Crippen LogP) is 5.45. The van der Waals surface area contributed by atoms with Crippen LogP contribution < -0.4 is 4.90 Å². The standard InChI is InChI=1S/C28H22N2O6S/c1-30-14-13-20(23-5-3-4-6-25(23)30)15-21(18-7-9-19(10-8-18)28(31)35-2)16-27-29-24-17-22(37(32,33)34)11-12-26(24)36-27/h3-17H,1-2H3,(H,32,33,34)/b20-15+,21-16-. The minimum atomic E-state index is -4.37. The van der Waals surface area contributed by atoms with Crippen molar-refractivity contribution in [2.75, 3.05) is 19.1 Å². The maximum Gasteiger partial charge on any atom is 0.337 e. The first-order valence-electron chi connectivity index (χ1n) is 11.2. The van der Waals surface area contributed by atoms with Crippen molar-refractivity contribution in [3.05, 3.63) is 108 Å². The first-order chi connectivity index (χ1) is 17.7. The molecule has 0 amide bonds. The van der Waals surface area contributed by atoms with Crippen molar-refractivity contribution in [1.29, 1.82) is 0 Å². The average Bonchev–Trinajstić information content (AvgIpc) is 3.31. The van der Waals surface area contributed by atoms with Gasteiger partial charge in [-0.25, -0.2) is 9.78 Å². The number of hydrogen-bond donors (Lipinski definition) is 1. The number of rotatable bonds is 5. The molecule has 1 aliphatic rings. The number of aromatic nitrogens is 1. The Balaban J connectivity index is 1.64. The molecule has 3 aromatic carbocycles. The van der Waals surface area contributed by atoms with Gasteiger partial charge in [-0.1, -0.05) is 30.3 Å². The molecule has 5 rings (SSSR count). The Labute approximate surface area is 213 Å². The van der Waals surface area contributed by atoms with E-state index in [-0.39, 0.29) is 10.8 Å². The lowest BCUT2D eigenvalue weighted by atomic mass is 9.95. The Morgan fingerprint density at radius 2 is 1.78 bits per heavy atom. The number of oxazole rings is 1. The number of para-hydroxylation sites is 1. The monoisotopic (exact) mass is 514 g/mol. The third-order valence-electron chi connectivity index (χ3n) is 5.98.